The third-order valence-electron chi connectivity index (χ3n) is 2.52. The summed E-state index contributed by atoms with van der Waals surface area (Å²) in [6.07, 6.45) is 9.23. The summed E-state index contributed by atoms with van der Waals surface area (Å²) in [7, 11) is 0. The van der Waals surface area contributed by atoms with Gasteiger partial charge in [0.1, 0.15) is 18.9 Å². The predicted molar refractivity (Wildman–Crippen MR) is 59.0 cm³/mol. The first-order valence-electron chi connectivity index (χ1n) is 5.68. The summed E-state index contributed by atoms with van der Waals surface area (Å²) in [5, 5.41) is 16.9. The Morgan fingerprint density at radius 3 is 2.69 bits per heavy atom. The monoisotopic (exact) mass is 217 g/mol. The molecule has 0 aromatic carbocycles. The lowest BCUT2D eigenvalue weighted by Crippen LogP contribution is -2.35. The molecule has 84 valence electrons. The van der Waals surface area contributed by atoms with Gasteiger partial charge in [-0.15, -0.1) is 0 Å². The fraction of sp³-hybridized carbons (Fsp3) is 0.583. The van der Waals surface area contributed by atoms with Gasteiger partial charge in [0.2, 0.25) is 0 Å². The lowest BCUT2D eigenvalue weighted by atomic mass is 10.1. The van der Waals surface area contributed by atoms with Gasteiger partial charge in [0.05, 0.1) is 18.6 Å². The summed E-state index contributed by atoms with van der Waals surface area (Å²) in [5.74, 6) is 1.17. The number of aryl methyl sites for hydroxylation is 2. The molecule has 0 atom stereocenters. The van der Waals surface area contributed by atoms with Gasteiger partial charge in [-0.25, -0.2) is 9.55 Å². The van der Waals surface area contributed by atoms with E-state index in [4.69, 9.17) is 10.5 Å². The summed E-state index contributed by atoms with van der Waals surface area (Å²) in [6.45, 7) is 0.757. The molecule has 1 aromatic heterocycles. The molecule has 16 heavy (non-hydrogen) atoms. The average Bonchev–Trinajstić information content (AvgIpc) is 2.74. The standard InChI is InChI=1S/C12H16N4/c13-7-4-2-1-3-6-12-15-9-11-16(12)10-5-8-14/h9,11H,1-6,10H2/p+1. The number of H-pyrrole nitrogens is 1. The SMILES string of the molecule is N#CCCCCCc1[nH]cc[n+]1CCC#N. The van der Waals surface area contributed by atoms with Crippen LogP contribution in [0.1, 0.15) is 37.9 Å². The molecular weight excluding hydrogens is 200 g/mol. The molecule has 0 aliphatic carbocycles. The molecule has 0 amide bonds. The molecule has 0 aliphatic heterocycles. The third-order valence-corrected chi connectivity index (χ3v) is 2.52. The van der Waals surface area contributed by atoms with E-state index in [1.807, 2.05) is 12.4 Å². The lowest BCUT2D eigenvalue weighted by molar-refractivity contribution is -0.701. The van der Waals surface area contributed by atoms with Gasteiger partial charge in [0, 0.05) is 12.8 Å². The Hall–Kier alpha value is -1.81. The molecule has 0 unspecified atom stereocenters. The zero-order valence-electron chi connectivity index (χ0n) is 9.45. The van der Waals surface area contributed by atoms with Crippen LogP contribution in [-0.2, 0) is 13.0 Å². The highest BCUT2D eigenvalue weighted by atomic mass is 15.1. The minimum absolute atomic E-state index is 0.546. The van der Waals surface area contributed by atoms with Gasteiger partial charge < -0.3 is 0 Å². The van der Waals surface area contributed by atoms with Crippen LogP contribution in [0.2, 0.25) is 0 Å². The smallest absolute Gasteiger partial charge is 0.248 e. The van der Waals surface area contributed by atoms with E-state index in [0.717, 1.165) is 32.2 Å². The fourth-order valence-electron chi connectivity index (χ4n) is 1.67. The summed E-state index contributed by atoms with van der Waals surface area (Å²) in [6, 6.07) is 4.30. The van der Waals surface area contributed by atoms with Gasteiger partial charge in [-0.2, -0.15) is 10.5 Å². The maximum Gasteiger partial charge on any atom is 0.254 e. The number of aromatic amines is 1. The van der Waals surface area contributed by atoms with Gasteiger partial charge in [0.15, 0.2) is 0 Å². The van der Waals surface area contributed by atoms with Crippen LogP contribution in [0.5, 0.6) is 0 Å². The van der Waals surface area contributed by atoms with E-state index < -0.39 is 0 Å². The van der Waals surface area contributed by atoms with Crippen molar-refractivity contribution < 1.29 is 4.57 Å². The van der Waals surface area contributed by atoms with Crippen molar-refractivity contribution in [3.8, 4) is 12.1 Å². The van der Waals surface area contributed by atoms with E-state index in [9.17, 15) is 0 Å². The second kappa shape index (κ2) is 7.48. The van der Waals surface area contributed by atoms with Crippen LogP contribution in [0.25, 0.3) is 0 Å². The minimum atomic E-state index is 0.546. The van der Waals surface area contributed by atoms with Gasteiger partial charge in [-0.1, -0.05) is 6.42 Å². The van der Waals surface area contributed by atoms with E-state index in [-0.39, 0.29) is 0 Å². The number of nitrogens with zero attached hydrogens (tertiary/aromatic N) is 3. The normalized spacial score (nSPS) is 9.62. The van der Waals surface area contributed by atoms with Gasteiger partial charge in [0.25, 0.3) is 5.82 Å². The molecule has 0 saturated carbocycles. The molecule has 0 fully saturated rings. The number of nitriles is 2. The second-order valence-corrected chi connectivity index (χ2v) is 3.73. The summed E-state index contributed by atoms with van der Waals surface area (Å²) in [5.41, 5.74) is 0. The van der Waals surface area contributed by atoms with Crippen LogP contribution in [-0.4, -0.2) is 4.98 Å². The molecule has 1 heterocycles. The van der Waals surface area contributed by atoms with Gasteiger partial charge >= 0.3 is 0 Å². The zero-order valence-corrected chi connectivity index (χ0v) is 9.45. The van der Waals surface area contributed by atoms with Crippen LogP contribution < -0.4 is 4.57 Å². The van der Waals surface area contributed by atoms with Crippen molar-refractivity contribution in [3.63, 3.8) is 0 Å². The maximum atomic E-state index is 8.52. The largest absolute Gasteiger partial charge is 0.254 e. The van der Waals surface area contributed by atoms with Crippen LogP contribution in [0, 0.1) is 22.7 Å². The van der Waals surface area contributed by atoms with E-state index in [2.05, 4.69) is 21.7 Å². The van der Waals surface area contributed by atoms with E-state index in [1.54, 1.807) is 0 Å². The van der Waals surface area contributed by atoms with Crippen LogP contribution >= 0.6 is 0 Å². The fourth-order valence-corrected chi connectivity index (χ4v) is 1.67. The third kappa shape index (κ3) is 4.14. The first-order chi connectivity index (χ1) is 7.88. The second-order valence-electron chi connectivity index (χ2n) is 3.73. The first kappa shape index (κ1) is 12.3. The molecule has 1 aromatic rings. The summed E-state index contributed by atoms with van der Waals surface area (Å²) in [4.78, 5) is 3.19. The first-order valence-corrected chi connectivity index (χ1v) is 5.68. The maximum absolute atomic E-state index is 8.52. The lowest BCUT2D eigenvalue weighted by Gasteiger charge is -1.98. The Kier molecular flexibility index (Phi) is 5.73. The van der Waals surface area contributed by atoms with Crippen molar-refractivity contribution in [1.29, 1.82) is 10.5 Å². The van der Waals surface area contributed by atoms with Crippen molar-refractivity contribution in [2.45, 2.75) is 45.1 Å². The Balaban J connectivity index is 2.28. The number of rotatable bonds is 7. The van der Waals surface area contributed by atoms with Crippen molar-refractivity contribution in [2.75, 3.05) is 0 Å². The molecule has 4 heteroatoms. The van der Waals surface area contributed by atoms with Gasteiger partial charge in [-0.05, 0) is 12.8 Å². The molecule has 0 aliphatic rings. The average molecular weight is 217 g/mol. The topological polar surface area (TPSA) is 67.2 Å². The predicted octanol–water partition coefficient (Wildman–Crippen LogP) is 1.84. The number of hydrogen-bond acceptors (Lipinski definition) is 2. The molecule has 1 N–H and O–H groups in total. The Labute approximate surface area is 96.1 Å². The molecule has 4 nitrogen and oxygen atoms in total. The van der Waals surface area contributed by atoms with Gasteiger partial charge in [-0.3, -0.25) is 0 Å². The summed E-state index contributed by atoms with van der Waals surface area (Å²) >= 11 is 0. The molecule has 0 spiro atoms. The number of aromatic nitrogens is 2. The van der Waals surface area contributed by atoms with E-state index in [0.29, 0.717) is 12.8 Å². The van der Waals surface area contributed by atoms with E-state index >= 15 is 0 Å². The van der Waals surface area contributed by atoms with E-state index in [1.165, 1.54) is 5.82 Å². The van der Waals surface area contributed by atoms with Crippen molar-refractivity contribution in [1.82, 2.24) is 4.98 Å². The molecule has 0 radical (unpaired) electrons. The van der Waals surface area contributed by atoms with Crippen molar-refractivity contribution >= 4 is 0 Å². The summed E-state index contributed by atoms with van der Waals surface area (Å²) < 4.78 is 2.09. The molecular formula is C12H17N4+. The van der Waals surface area contributed by atoms with Crippen molar-refractivity contribution in [3.05, 3.63) is 18.2 Å². The Morgan fingerprint density at radius 1 is 1.12 bits per heavy atom. The quantitative estimate of drug-likeness (QED) is 0.559. The Morgan fingerprint density at radius 2 is 1.94 bits per heavy atom. The highest BCUT2D eigenvalue weighted by molar-refractivity contribution is 4.78. The van der Waals surface area contributed by atoms with Crippen LogP contribution in [0.4, 0.5) is 0 Å². The zero-order chi connectivity index (χ0) is 11.6. The van der Waals surface area contributed by atoms with Crippen molar-refractivity contribution in [2.24, 2.45) is 0 Å². The van der Waals surface area contributed by atoms with Crippen LogP contribution in [0.15, 0.2) is 12.4 Å². The Bertz CT molecular complexity index is 380. The number of unbranched alkanes of at least 4 members (excludes halogenated alkanes) is 3. The number of imidazole rings is 1. The number of nitrogens with one attached hydrogen (secondary N) is 1. The highest BCUT2D eigenvalue weighted by Crippen LogP contribution is 2.03. The minimum Gasteiger partial charge on any atom is -0.248 e. The molecule has 0 saturated heterocycles. The highest BCUT2D eigenvalue weighted by Gasteiger charge is 2.08. The molecule has 0 bridgehead atoms. The van der Waals surface area contributed by atoms with Crippen LogP contribution in [0.3, 0.4) is 0 Å². The molecule has 1 rings (SSSR count). The number of hydrogen-bond donors (Lipinski definition) is 1.